The molecule has 0 saturated heterocycles. The van der Waals surface area contributed by atoms with Gasteiger partial charge in [-0.3, -0.25) is 0 Å². The molecule has 1 unspecified atom stereocenters. The van der Waals surface area contributed by atoms with E-state index in [-0.39, 0.29) is 12.7 Å². The summed E-state index contributed by atoms with van der Waals surface area (Å²) in [5.74, 6) is 0. The van der Waals surface area contributed by atoms with Gasteiger partial charge >= 0.3 is 0 Å². The van der Waals surface area contributed by atoms with E-state index >= 15 is 0 Å². The lowest BCUT2D eigenvalue weighted by Gasteiger charge is -2.07. The summed E-state index contributed by atoms with van der Waals surface area (Å²) in [5.41, 5.74) is 9.73. The van der Waals surface area contributed by atoms with Gasteiger partial charge in [-0.05, 0) is 18.0 Å². The molecule has 0 amide bonds. The first-order chi connectivity index (χ1) is 9.22. The summed E-state index contributed by atoms with van der Waals surface area (Å²) >= 11 is 0. The molecule has 1 atom stereocenters. The van der Waals surface area contributed by atoms with Crippen molar-refractivity contribution in [2.75, 3.05) is 6.61 Å². The quantitative estimate of drug-likeness (QED) is 0.306. The Morgan fingerprint density at radius 2 is 2.16 bits per heavy atom. The summed E-state index contributed by atoms with van der Waals surface area (Å²) < 4.78 is 5.42. The summed E-state index contributed by atoms with van der Waals surface area (Å²) in [6, 6.07) is 10.1. The maximum atomic E-state index is 8.20. The van der Waals surface area contributed by atoms with Crippen LogP contribution in [0.1, 0.15) is 12.5 Å². The number of benzene rings is 1. The third-order valence-corrected chi connectivity index (χ3v) is 2.28. The van der Waals surface area contributed by atoms with Crippen LogP contribution < -0.4 is 0 Å². The van der Waals surface area contributed by atoms with Crippen LogP contribution in [0.15, 0.2) is 66.0 Å². The minimum atomic E-state index is -0.0638. The van der Waals surface area contributed by atoms with Crippen LogP contribution in [0.4, 0.5) is 0 Å². The largest absolute Gasteiger partial charge is 0.370 e. The fourth-order valence-corrected chi connectivity index (χ4v) is 1.33. The van der Waals surface area contributed by atoms with E-state index in [4.69, 9.17) is 10.3 Å². The van der Waals surface area contributed by atoms with Gasteiger partial charge in [0.25, 0.3) is 0 Å². The first kappa shape index (κ1) is 14.8. The first-order valence-corrected chi connectivity index (χ1v) is 5.97. The highest BCUT2D eigenvalue weighted by atomic mass is 16.5. The first-order valence-electron chi connectivity index (χ1n) is 5.97. The standard InChI is InChI=1S/C15H17N3O/c1-13(17-18-16)12-19-14(2)8-6-7-11-15-9-4-3-5-10-15/h3-11,14H,1,12H2,2H3/b8-6+,11-7+. The smallest absolute Gasteiger partial charge is 0.0743 e. The van der Waals surface area contributed by atoms with Gasteiger partial charge in [-0.25, -0.2) is 0 Å². The Kier molecular flexibility index (Phi) is 6.80. The lowest BCUT2D eigenvalue weighted by molar-refractivity contribution is 0.117. The maximum Gasteiger partial charge on any atom is 0.0743 e. The molecule has 1 aromatic carbocycles. The molecule has 0 heterocycles. The van der Waals surface area contributed by atoms with Gasteiger partial charge in [-0.2, -0.15) is 0 Å². The highest BCUT2D eigenvalue weighted by Gasteiger charge is 1.96. The Hall–Kier alpha value is -2.29. The zero-order chi connectivity index (χ0) is 13.9. The Bertz CT molecular complexity index is 499. The van der Waals surface area contributed by atoms with Gasteiger partial charge in [-0.1, -0.05) is 66.3 Å². The van der Waals surface area contributed by atoms with E-state index in [2.05, 4.69) is 16.6 Å². The third kappa shape index (κ3) is 6.88. The van der Waals surface area contributed by atoms with E-state index in [1.807, 2.05) is 61.6 Å². The predicted octanol–water partition coefficient (Wildman–Crippen LogP) is 4.49. The number of hydrogen-bond donors (Lipinski definition) is 0. The van der Waals surface area contributed by atoms with E-state index in [9.17, 15) is 0 Å². The van der Waals surface area contributed by atoms with Gasteiger partial charge in [0.1, 0.15) is 0 Å². The van der Waals surface area contributed by atoms with Crippen molar-refractivity contribution >= 4 is 6.08 Å². The minimum Gasteiger partial charge on any atom is -0.370 e. The Labute approximate surface area is 113 Å². The molecule has 0 aliphatic rings. The van der Waals surface area contributed by atoms with Crippen molar-refractivity contribution in [3.05, 3.63) is 76.8 Å². The van der Waals surface area contributed by atoms with E-state index in [0.717, 1.165) is 5.56 Å². The Balaban J connectivity index is 2.34. The molecule has 0 aliphatic heterocycles. The SMILES string of the molecule is C=C(COC(C)/C=C/C=C/c1ccccc1)N=[N+]=[N-]. The van der Waals surface area contributed by atoms with E-state index in [1.54, 1.807) is 0 Å². The van der Waals surface area contributed by atoms with Crippen LogP contribution in [-0.2, 0) is 4.74 Å². The van der Waals surface area contributed by atoms with E-state index in [0.29, 0.717) is 5.70 Å². The second-order valence-electron chi connectivity index (χ2n) is 3.93. The fraction of sp³-hybridized carbons (Fsp3) is 0.200. The fourth-order valence-electron chi connectivity index (χ4n) is 1.33. The molecule has 0 saturated carbocycles. The molecule has 98 valence electrons. The summed E-state index contributed by atoms with van der Waals surface area (Å²) in [4.78, 5) is 2.64. The number of azide groups is 1. The molecule has 0 spiro atoms. The van der Waals surface area contributed by atoms with Crippen molar-refractivity contribution in [1.82, 2.24) is 0 Å². The Morgan fingerprint density at radius 3 is 2.84 bits per heavy atom. The zero-order valence-corrected chi connectivity index (χ0v) is 10.9. The van der Waals surface area contributed by atoms with Crippen LogP contribution in [0.5, 0.6) is 0 Å². The van der Waals surface area contributed by atoms with Crippen molar-refractivity contribution in [2.24, 2.45) is 5.11 Å². The molecule has 1 aromatic rings. The maximum absolute atomic E-state index is 8.20. The van der Waals surface area contributed by atoms with Crippen LogP contribution >= 0.6 is 0 Å². The van der Waals surface area contributed by atoms with Gasteiger partial charge in [0.15, 0.2) is 0 Å². The van der Waals surface area contributed by atoms with Crippen molar-refractivity contribution in [3.8, 4) is 0 Å². The number of allylic oxidation sites excluding steroid dienone is 2. The van der Waals surface area contributed by atoms with Crippen molar-refractivity contribution in [2.45, 2.75) is 13.0 Å². The molecule has 0 bridgehead atoms. The van der Waals surface area contributed by atoms with E-state index in [1.165, 1.54) is 0 Å². The lowest BCUT2D eigenvalue weighted by Crippen LogP contribution is -2.06. The van der Waals surface area contributed by atoms with Crippen LogP contribution in [-0.4, -0.2) is 12.7 Å². The average molecular weight is 255 g/mol. The monoisotopic (exact) mass is 255 g/mol. The number of rotatable bonds is 7. The molecule has 0 aliphatic carbocycles. The van der Waals surface area contributed by atoms with Crippen molar-refractivity contribution < 1.29 is 4.74 Å². The molecule has 1 rings (SSSR count). The molecule has 4 heteroatoms. The van der Waals surface area contributed by atoms with Crippen LogP contribution in [0.3, 0.4) is 0 Å². The molecule has 0 aromatic heterocycles. The average Bonchev–Trinajstić information content (AvgIpc) is 2.43. The van der Waals surface area contributed by atoms with Crippen LogP contribution in [0.25, 0.3) is 16.5 Å². The number of ether oxygens (including phenoxy) is 1. The zero-order valence-electron chi connectivity index (χ0n) is 10.9. The number of nitrogens with zero attached hydrogens (tertiary/aromatic N) is 3. The molecular formula is C15H17N3O. The second kappa shape index (κ2) is 8.75. The van der Waals surface area contributed by atoms with Crippen molar-refractivity contribution in [1.29, 1.82) is 0 Å². The third-order valence-electron chi connectivity index (χ3n) is 2.28. The highest BCUT2D eigenvalue weighted by Crippen LogP contribution is 2.02. The summed E-state index contributed by atoms with van der Waals surface area (Å²) in [6.45, 7) is 5.72. The van der Waals surface area contributed by atoms with Crippen molar-refractivity contribution in [3.63, 3.8) is 0 Å². The normalized spacial score (nSPS) is 12.5. The molecule has 0 radical (unpaired) electrons. The van der Waals surface area contributed by atoms with Gasteiger partial charge in [0, 0.05) is 10.6 Å². The summed E-state index contributed by atoms with van der Waals surface area (Å²) in [5, 5.41) is 3.36. The molecule has 4 nitrogen and oxygen atoms in total. The topological polar surface area (TPSA) is 58.0 Å². The van der Waals surface area contributed by atoms with Crippen LogP contribution in [0, 0.1) is 0 Å². The van der Waals surface area contributed by atoms with Gasteiger partial charge in [0.2, 0.25) is 0 Å². The molecule has 0 fully saturated rings. The summed E-state index contributed by atoms with van der Waals surface area (Å²) in [6.07, 6.45) is 7.75. The molecular weight excluding hydrogens is 238 g/mol. The van der Waals surface area contributed by atoms with Crippen LogP contribution in [0.2, 0.25) is 0 Å². The molecule has 0 N–H and O–H groups in total. The summed E-state index contributed by atoms with van der Waals surface area (Å²) in [7, 11) is 0. The molecule has 19 heavy (non-hydrogen) atoms. The minimum absolute atomic E-state index is 0.0638. The lowest BCUT2D eigenvalue weighted by atomic mass is 10.2. The van der Waals surface area contributed by atoms with Gasteiger partial charge in [0.05, 0.1) is 12.7 Å². The Morgan fingerprint density at radius 1 is 1.42 bits per heavy atom. The number of hydrogen-bond acceptors (Lipinski definition) is 2. The van der Waals surface area contributed by atoms with Gasteiger partial charge in [-0.15, -0.1) is 0 Å². The van der Waals surface area contributed by atoms with E-state index < -0.39 is 0 Å². The predicted molar refractivity (Wildman–Crippen MR) is 78.3 cm³/mol. The highest BCUT2D eigenvalue weighted by molar-refractivity contribution is 5.50. The second-order valence-corrected chi connectivity index (χ2v) is 3.93. The van der Waals surface area contributed by atoms with Gasteiger partial charge < -0.3 is 4.74 Å².